The molecule has 0 aromatic heterocycles. The predicted octanol–water partition coefficient (Wildman–Crippen LogP) is 0.877. The summed E-state index contributed by atoms with van der Waals surface area (Å²) in [6.45, 7) is 3.49. The Kier molecular flexibility index (Phi) is 6.89. The van der Waals surface area contributed by atoms with E-state index in [2.05, 4.69) is 5.32 Å². The van der Waals surface area contributed by atoms with Gasteiger partial charge in [0.15, 0.2) is 6.29 Å². The zero-order chi connectivity index (χ0) is 21.0. The average Bonchev–Trinajstić information content (AvgIpc) is 3.23. The van der Waals surface area contributed by atoms with Crippen LogP contribution < -0.4 is 5.32 Å². The van der Waals surface area contributed by atoms with Crippen LogP contribution in [-0.4, -0.2) is 75.6 Å². The first-order chi connectivity index (χ1) is 13.8. The van der Waals surface area contributed by atoms with E-state index in [-0.39, 0.29) is 35.5 Å². The van der Waals surface area contributed by atoms with Crippen LogP contribution in [0.2, 0.25) is 0 Å². The molecule has 10 heteroatoms. The molecule has 0 atom stereocenters. The van der Waals surface area contributed by atoms with Gasteiger partial charge in [-0.15, -0.1) is 0 Å². The maximum Gasteiger partial charge on any atom is 0.243 e. The zero-order valence-electron chi connectivity index (χ0n) is 16.7. The number of hydrogen-bond donors (Lipinski definition) is 1. The van der Waals surface area contributed by atoms with Gasteiger partial charge in [0.25, 0.3) is 0 Å². The van der Waals surface area contributed by atoms with Crippen LogP contribution in [0.5, 0.6) is 0 Å². The molecule has 0 spiro atoms. The molecule has 1 aromatic rings. The molecule has 1 aromatic carbocycles. The quantitative estimate of drug-likeness (QED) is 0.725. The number of likely N-dealkylation sites (N-methyl/N-ethyl adjacent to an activating group) is 1. The van der Waals surface area contributed by atoms with Crippen LogP contribution in [0.15, 0.2) is 29.2 Å². The number of hydrogen-bond acceptors (Lipinski definition) is 6. The predicted molar refractivity (Wildman–Crippen MR) is 106 cm³/mol. The summed E-state index contributed by atoms with van der Waals surface area (Å²) >= 11 is 0. The van der Waals surface area contributed by atoms with Gasteiger partial charge < -0.3 is 19.7 Å². The molecular formula is C19H27N3O6S. The van der Waals surface area contributed by atoms with Crippen LogP contribution in [0.3, 0.4) is 0 Å². The summed E-state index contributed by atoms with van der Waals surface area (Å²) in [6, 6.07) is 5.85. The van der Waals surface area contributed by atoms with Crippen LogP contribution in [0, 0.1) is 5.92 Å². The highest BCUT2D eigenvalue weighted by molar-refractivity contribution is 7.89. The molecule has 160 valence electrons. The van der Waals surface area contributed by atoms with Crippen molar-refractivity contribution in [2.45, 2.75) is 31.0 Å². The van der Waals surface area contributed by atoms with E-state index < -0.39 is 10.0 Å². The molecule has 2 aliphatic heterocycles. The van der Waals surface area contributed by atoms with Gasteiger partial charge in [-0.2, -0.15) is 4.31 Å². The number of nitrogens with zero attached hydrogens (tertiary/aromatic N) is 2. The number of benzene rings is 1. The summed E-state index contributed by atoms with van der Waals surface area (Å²) in [5.74, 6) is -0.194. The Labute approximate surface area is 171 Å². The molecule has 9 nitrogen and oxygen atoms in total. The first-order valence-corrected chi connectivity index (χ1v) is 11.1. The molecule has 2 saturated heterocycles. The number of ether oxygens (including phenoxy) is 2. The summed E-state index contributed by atoms with van der Waals surface area (Å²) in [5.41, 5.74) is 0.508. The van der Waals surface area contributed by atoms with E-state index in [1.165, 1.54) is 38.2 Å². The number of piperidine rings is 1. The maximum absolute atomic E-state index is 12.7. The highest BCUT2D eigenvalue weighted by Crippen LogP contribution is 2.26. The second-order valence-electron chi connectivity index (χ2n) is 7.29. The Morgan fingerprint density at radius 1 is 1.14 bits per heavy atom. The van der Waals surface area contributed by atoms with Crippen LogP contribution in [0.1, 0.15) is 19.8 Å². The zero-order valence-corrected chi connectivity index (χ0v) is 17.5. The standard InChI is InChI=1S/C19H27N3O6S/c1-14(23)20-16-3-5-17(6-4-16)29(25,26)21(2)13-18(24)22-9-7-15(8-10-22)19-27-11-12-28-19/h3-6,15,19H,7-13H2,1-2H3,(H,20,23). The summed E-state index contributed by atoms with van der Waals surface area (Å²) in [4.78, 5) is 25.4. The number of amides is 2. The maximum atomic E-state index is 12.7. The molecule has 0 saturated carbocycles. The minimum Gasteiger partial charge on any atom is -0.350 e. The minimum absolute atomic E-state index is 0.0659. The fourth-order valence-electron chi connectivity index (χ4n) is 3.54. The fourth-order valence-corrected chi connectivity index (χ4v) is 4.66. The fraction of sp³-hybridized carbons (Fsp3) is 0.579. The van der Waals surface area contributed by atoms with Gasteiger partial charge in [0.1, 0.15) is 0 Å². The average molecular weight is 426 g/mol. The van der Waals surface area contributed by atoms with Crippen LogP contribution >= 0.6 is 0 Å². The van der Waals surface area contributed by atoms with Crippen molar-refractivity contribution in [1.82, 2.24) is 9.21 Å². The van der Waals surface area contributed by atoms with E-state index in [1.807, 2.05) is 0 Å². The van der Waals surface area contributed by atoms with E-state index in [0.717, 1.165) is 17.1 Å². The number of likely N-dealkylation sites (tertiary alicyclic amines) is 1. The number of carbonyl (C=O) groups excluding carboxylic acids is 2. The molecule has 3 rings (SSSR count). The molecule has 2 amide bonds. The van der Waals surface area contributed by atoms with Crippen LogP contribution in [0.4, 0.5) is 5.69 Å². The second kappa shape index (κ2) is 9.21. The monoisotopic (exact) mass is 425 g/mol. The molecule has 29 heavy (non-hydrogen) atoms. The molecule has 2 fully saturated rings. The van der Waals surface area contributed by atoms with Crippen molar-refractivity contribution >= 4 is 27.5 Å². The third kappa shape index (κ3) is 5.33. The van der Waals surface area contributed by atoms with Crippen LogP contribution in [-0.2, 0) is 29.1 Å². The largest absolute Gasteiger partial charge is 0.350 e. The molecule has 0 bridgehead atoms. The lowest BCUT2D eigenvalue weighted by molar-refractivity contribution is -0.136. The number of sulfonamides is 1. The van der Waals surface area contributed by atoms with E-state index in [0.29, 0.717) is 32.0 Å². The lowest BCUT2D eigenvalue weighted by Crippen LogP contribution is -2.46. The Morgan fingerprint density at radius 3 is 2.28 bits per heavy atom. The van der Waals surface area contributed by atoms with Gasteiger partial charge in [0.05, 0.1) is 24.7 Å². The number of anilines is 1. The molecule has 2 aliphatic rings. The van der Waals surface area contributed by atoms with Crippen molar-refractivity contribution in [1.29, 1.82) is 0 Å². The van der Waals surface area contributed by atoms with Crippen molar-refractivity contribution in [3.63, 3.8) is 0 Å². The van der Waals surface area contributed by atoms with E-state index in [9.17, 15) is 18.0 Å². The smallest absolute Gasteiger partial charge is 0.243 e. The Balaban J connectivity index is 1.55. The molecular weight excluding hydrogens is 398 g/mol. The van der Waals surface area contributed by atoms with Crippen molar-refractivity contribution in [2.24, 2.45) is 5.92 Å². The van der Waals surface area contributed by atoms with Gasteiger partial charge in [-0.05, 0) is 37.1 Å². The van der Waals surface area contributed by atoms with E-state index in [4.69, 9.17) is 9.47 Å². The molecule has 2 heterocycles. The van der Waals surface area contributed by atoms with Gasteiger partial charge in [0, 0.05) is 38.7 Å². The topological polar surface area (TPSA) is 105 Å². The van der Waals surface area contributed by atoms with E-state index in [1.54, 1.807) is 4.90 Å². The van der Waals surface area contributed by atoms with Gasteiger partial charge >= 0.3 is 0 Å². The van der Waals surface area contributed by atoms with Crippen molar-refractivity contribution in [3.8, 4) is 0 Å². The molecule has 0 unspecified atom stereocenters. The SMILES string of the molecule is CC(=O)Nc1ccc(S(=O)(=O)N(C)CC(=O)N2CCC(C3OCCO3)CC2)cc1. The number of nitrogens with one attached hydrogen (secondary N) is 1. The lowest BCUT2D eigenvalue weighted by Gasteiger charge is -2.34. The number of rotatable bonds is 6. The van der Waals surface area contributed by atoms with Crippen LogP contribution in [0.25, 0.3) is 0 Å². The second-order valence-corrected chi connectivity index (χ2v) is 9.34. The van der Waals surface area contributed by atoms with Gasteiger partial charge in [-0.25, -0.2) is 8.42 Å². The summed E-state index contributed by atoms with van der Waals surface area (Å²) in [7, 11) is -2.42. The Morgan fingerprint density at radius 2 is 1.72 bits per heavy atom. The van der Waals surface area contributed by atoms with Gasteiger partial charge in [-0.3, -0.25) is 9.59 Å². The summed E-state index contributed by atoms with van der Waals surface area (Å²) in [5, 5.41) is 2.59. The first kappa shape index (κ1) is 21.7. The van der Waals surface area contributed by atoms with Crippen molar-refractivity contribution in [2.75, 3.05) is 45.2 Å². The molecule has 0 radical (unpaired) electrons. The lowest BCUT2D eigenvalue weighted by atomic mass is 9.96. The van der Waals surface area contributed by atoms with Crippen molar-refractivity contribution < 1.29 is 27.5 Å². The normalized spacial score (nSPS) is 18.9. The Hall–Kier alpha value is -2.01. The molecule has 1 N–H and O–H groups in total. The summed E-state index contributed by atoms with van der Waals surface area (Å²) < 4.78 is 37.6. The van der Waals surface area contributed by atoms with Gasteiger partial charge in [0.2, 0.25) is 21.8 Å². The van der Waals surface area contributed by atoms with Gasteiger partial charge in [-0.1, -0.05) is 0 Å². The van der Waals surface area contributed by atoms with Crippen molar-refractivity contribution in [3.05, 3.63) is 24.3 Å². The Bertz CT molecular complexity index is 828. The highest BCUT2D eigenvalue weighted by atomic mass is 32.2. The molecule has 0 aliphatic carbocycles. The minimum atomic E-state index is -3.81. The highest BCUT2D eigenvalue weighted by Gasteiger charge is 2.33. The third-order valence-electron chi connectivity index (χ3n) is 5.17. The number of carbonyl (C=O) groups is 2. The summed E-state index contributed by atoms with van der Waals surface area (Å²) in [6.07, 6.45) is 1.37. The third-order valence-corrected chi connectivity index (χ3v) is 6.98. The first-order valence-electron chi connectivity index (χ1n) is 9.62. The van der Waals surface area contributed by atoms with E-state index >= 15 is 0 Å².